The fraction of sp³-hybridized carbons (Fsp3) is 0.231. The van der Waals surface area contributed by atoms with Gasteiger partial charge in [0.2, 0.25) is 5.91 Å². The van der Waals surface area contributed by atoms with Crippen LogP contribution in [0.2, 0.25) is 0 Å². The van der Waals surface area contributed by atoms with Crippen molar-refractivity contribution in [3.63, 3.8) is 0 Å². The van der Waals surface area contributed by atoms with E-state index in [0.29, 0.717) is 18.8 Å². The van der Waals surface area contributed by atoms with Crippen LogP contribution < -0.4 is 5.32 Å². The predicted octanol–water partition coefficient (Wildman–Crippen LogP) is 2.12. The molecule has 1 aromatic heterocycles. The van der Waals surface area contributed by atoms with Crippen LogP contribution in [0.25, 0.3) is 5.69 Å². The molecule has 4 nitrogen and oxygen atoms in total. The van der Waals surface area contributed by atoms with Crippen LogP contribution in [-0.4, -0.2) is 21.3 Å². The summed E-state index contributed by atoms with van der Waals surface area (Å²) in [6.45, 7) is 0.400. The average Bonchev–Trinajstić information content (AvgIpc) is 2.86. The van der Waals surface area contributed by atoms with E-state index in [1.165, 1.54) is 0 Å². The number of hydrogen-bond acceptors (Lipinski definition) is 2. The standard InChI is InChI=1S/C13H14ClN3O/c14-7-6-13(18)16-10-12-15-8-9-17(12)11-4-2-1-3-5-11/h1-5,8-9H,6-7,10H2,(H,16,18). The van der Waals surface area contributed by atoms with Crippen molar-refractivity contribution in [1.82, 2.24) is 14.9 Å². The summed E-state index contributed by atoms with van der Waals surface area (Å²) in [6.07, 6.45) is 3.92. The van der Waals surface area contributed by atoms with E-state index in [4.69, 9.17) is 11.6 Å². The van der Waals surface area contributed by atoms with Crippen LogP contribution in [0.3, 0.4) is 0 Å². The topological polar surface area (TPSA) is 46.9 Å². The monoisotopic (exact) mass is 263 g/mol. The van der Waals surface area contributed by atoms with E-state index < -0.39 is 0 Å². The summed E-state index contributed by atoms with van der Waals surface area (Å²) < 4.78 is 1.95. The van der Waals surface area contributed by atoms with Crippen molar-refractivity contribution < 1.29 is 4.79 Å². The van der Waals surface area contributed by atoms with Gasteiger partial charge in [0.05, 0.1) is 6.54 Å². The smallest absolute Gasteiger partial charge is 0.221 e. The van der Waals surface area contributed by atoms with E-state index in [1.807, 2.05) is 41.1 Å². The Balaban J connectivity index is 2.07. The third-order valence-electron chi connectivity index (χ3n) is 2.52. The van der Waals surface area contributed by atoms with Gasteiger partial charge in [0.25, 0.3) is 0 Å². The first kappa shape index (κ1) is 12.6. The molecule has 2 aromatic rings. The van der Waals surface area contributed by atoms with Crippen LogP contribution in [0.15, 0.2) is 42.7 Å². The first-order valence-electron chi connectivity index (χ1n) is 5.71. The Morgan fingerprint density at radius 3 is 2.83 bits per heavy atom. The summed E-state index contributed by atoms with van der Waals surface area (Å²) in [7, 11) is 0. The van der Waals surface area contributed by atoms with Gasteiger partial charge in [-0.3, -0.25) is 4.79 Å². The molecule has 0 aliphatic heterocycles. The highest BCUT2D eigenvalue weighted by Gasteiger charge is 2.06. The quantitative estimate of drug-likeness (QED) is 0.840. The number of hydrogen-bond donors (Lipinski definition) is 1. The van der Waals surface area contributed by atoms with Gasteiger partial charge in [-0.25, -0.2) is 4.98 Å². The molecule has 0 aliphatic carbocycles. The third-order valence-corrected chi connectivity index (χ3v) is 2.71. The van der Waals surface area contributed by atoms with Gasteiger partial charge in [0, 0.05) is 30.4 Å². The van der Waals surface area contributed by atoms with Crippen molar-refractivity contribution in [2.45, 2.75) is 13.0 Å². The second kappa shape index (κ2) is 6.21. The van der Waals surface area contributed by atoms with E-state index in [-0.39, 0.29) is 5.91 Å². The zero-order chi connectivity index (χ0) is 12.8. The Morgan fingerprint density at radius 2 is 2.11 bits per heavy atom. The number of imidazole rings is 1. The molecule has 0 bridgehead atoms. The van der Waals surface area contributed by atoms with Crippen molar-refractivity contribution >= 4 is 17.5 Å². The lowest BCUT2D eigenvalue weighted by Gasteiger charge is -2.08. The molecular weight excluding hydrogens is 250 g/mol. The second-order valence-electron chi connectivity index (χ2n) is 3.76. The fourth-order valence-corrected chi connectivity index (χ4v) is 1.81. The number of nitrogens with zero attached hydrogens (tertiary/aromatic N) is 2. The summed E-state index contributed by atoms with van der Waals surface area (Å²) in [5, 5.41) is 2.79. The van der Waals surface area contributed by atoms with E-state index in [9.17, 15) is 4.79 Å². The van der Waals surface area contributed by atoms with Gasteiger partial charge in [-0.15, -0.1) is 11.6 Å². The molecule has 0 saturated carbocycles. The summed E-state index contributed by atoms with van der Waals surface area (Å²) in [5.74, 6) is 1.07. The number of alkyl halides is 1. The second-order valence-corrected chi connectivity index (χ2v) is 4.14. The number of carbonyl (C=O) groups is 1. The molecule has 0 unspecified atom stereocenters. The Morgan fingerprint density at radius 1 is 1.33 bits per heavy atom. The molecule has 94 valence electrons. The predicted molar refractivity (Wildman–Crippen MR) is 70.7 cm³/mol. The number of benzene rings is 1. The number of rotatable bonds is 5. The molecule has 0 fully saturated rings. The molecule has 1 heterocycles. The van der Waals surface area contributed by atoms with Gasteiger partial charge in [-0.05, 0) is 12.1 Å². The van der Waals surface area contributed by atoms with Gasteiger partial charge in [-0.1, -0.05) is 18.2 Å². The summed E-state index contributed by atoms with van der Waals surface area (Å²) >= 11 is 5.50. The maximum absolute atomic E-state index is 11.4. The minimum atomic E-state index is -0.0624. The number of aromatic nitrogens is 2. The lowest BCUT2D eigenvalue weighted by atomic mass is 10.3. The van der Waals surface area contributed by atoms with Crippen molar-refractivity contribution in [2.24, 2.45) is 0 Å². The highest BCUT2D eigenvalue weighted by atomic mass is 35.5. The maximum atomic E-state index is 11.4. The van der Waals surface area contributed by atoms with Crippen LogP contribution >= 0.6 is 11.6 Å². The van der Waals surface area contributed by atoms with Crippen LogP contribution in [0, 0.1) is 0 Å². The first-order valence-corrected chi connectivity index (χ1v) is 6.25. The van der Waals surface area contributed by atoms with Gasteiger partial charge in [0.1, 0.15) is 5.82 Å². The molecule has 2 rings (SSSR count). The SMILES string of the molecule is O=C(CCCl)NCc1nccn1-c1ccccc1. The molecule has 0 aliphatic rings. The molecule has 0 atom stereocenters. The van der Waals surface area contributed by atoms with Gasteiger partial charge in [-0.2, -0.15) is 0 Å². The molecule has 1 aromatic carbocycles. The van der Waals surface area contributed by atoms with Gasteiger partial charge in [0.15, 0.2) is 0 Å². The molecule has 18 heavy (non-hydrogen) atoms. The largest absolute Gasteiger partial charge is 0.349 e. The van der Waals surface area contributed by atoms with Gasteiger partial charge >= 0.3 is 0 Å². The Labute approximate surface area is 111 Å². The van der Waals surface area contributed by atoms with Crippen LogP contribution in [0.4, 0.5) is 0 Å². The molecule has 0 radical (unpaired) electrons. The lowest BCUT2D eigenvalue weighted by Crippen LogP contribution is -2.24. The summed E-state index contributed by atoms with van der Waals surface area (Å²) in [6, 6.07) is 9.87. The molecule has 1 N–H and O–H groups in total. The Bertz CT molecular complexity index is 510. The molecular formula is C13H14ClN3O. The van der Waals surface area contributed by atoms with Crippen molar-refractivity contribution in [1.29, 1.82) is 0 Å². The molecule has 0 spiro atoms. The molecule has 1 amide bonds. The van der Waals surface area contributed by atoms with Crippen LogP contribution in [0.1, 0.15) is 12.2 Å². The van der Waals surface area contributed by atoms with E-state index in [2.05, 4.69) is 10.3 Å². The number of carbonyl (C=O) groups excluding carboxylic acids is 1. The number of halogens is 1. The molecule has 0 saturated heterocycles. The Kier molecular flexibility index (Phi) is 4.36. The van der Waals surface area contributed by atoms with Crippen LogP contribution in [0.5, 0.6) is 0 Å². The molecule has 5 heteroatoms. The number of para-hydroxylation sites is 1. The lowest BCUT2D eigenvalue weighted by molar-refractivity contribution is -0.120. The number of amides is 1. The zero-order valence-electron chi connectivity index (χ0n) is 9.84. The fourth-order valence-electron chi connectivity index (χ4n) is 1.64. The minimum Gasteiger partial charge on any atom is -0.349 e. The summed E-state index contributed by atoms with van der Waals surface area (Å²) in [4.78, 5) is 15.6. The third kappa shape index (κ3) is 3.11. The average molecular weight is 264 g/mol. The maximum Gasteiger partial charge on any atom is 0.221 e. The highest BCUT2D eigenvalue weighted by molar-refractivity contribution is 6.18. The van der Waals surface area contributed by atoms with Crippen LogP contribution in [-0.2, 0) is 11.3 Å². The van der Waals surface area contributed by atoms with Crippen molar-refractivity contribution in [2.75, 3.05) is 5.88 Å². The highest BCUT2D eigenvalue weighted by Crippen LogP contribution is 2.09. The number of nitrogens with one attached hydrogen (secondary N) is 1. The first-order chi connectivity index (χ1) is 8.81. The van der Waals surface area contributed by atoms with E-state index in [1.54, 1.807) is 6.20 Å². The normalized spacial score (nSPS) is 10.3. The zero-order valence-corrected chi connectivity index (χ0v) is 10.6. The van der Waals surface area contributed by atoms with Gasteiger partial charge < -0.3 is 9.88 Å². The Hall–Kier alpha value is -1.81. The minimum absolute atomic E-state index is 0.0624. The van der Waals surface area contributed by atoms with Crippen molar-refractivity contribution in [3.8, 4) is 5.69 Å². The van der Waals surface area contributed by atoms with E-state index in [0.717, 1.165) is 11.5 Å². The summed E-state index contributed by atoms with van der Waals surface area (Å²) in [5.41, 5.74) is 1.02. The van der Waals surface area contributed by atoms with Crippen molar-refractivity contribution in [3.05, 3.63) is 48.5 Å². The van der Waals surface area contributed by atoms with E-state index >= 15 is 0 Å².